The van der Waals surface area contributed by atoms with Crippen molar-refractivity contribution in [1.82, 2.24) is 4.57 Å². The molecule has 168 valence electrons. The Morgan fingerprint density at radius 1 is 1.31 bits per heavy atom. The van der Waals surface area contributed by atoms with Crippen LogP contribution in [0.15, 0.2) is 52.7 Å². The summed E-state index contributed by atoms with van der Waals surface area (Å²) in [6.07, 6.45) is 5.56. The number of benzene rings is 1. The SMILES string of the molecule is C=C(C)Oc1c(/C=C(/F)C(=C)c2ccc(C)c(C=NC)c2)c(C)n(C2CC2)c(=O)c1CC. The summed E-state index contributed by atoms with van der Waals surface area (Å²) in [6, 6.07) is 5.81. The van der Waals surface area contributed by atoms with Gasteiger partial charge in [0.15, 0.2) is 0 Å². The number of allylic oxidation sites excluding steroid dienone is 3. The highest BCUT2D eigenvalue weighted by Gasteiger charge is 2.30. The van der Waals surface area contributed by atoms with Crippen molar-refractivity contribution in [3.8, 4) is 5.75 Å². The maximum Gasteiger partial charge on any atom is 0.257 e. The zero-order valence-corrected chi connectivity index (χ0v) is 19.6. The van der Waals surface area contributed by atoms with Gasteiger partial charge in [0.05, 0.1) is 11.3 Å². The molecule has 0 amide bonds. The minimum absolute atomic E-state index is 0.0674. The van der Waals surface area contributed by atoms with E-state index in [-0.39, 0.29) is 17.2 Å². The number of rotatable bonds is 8. The second kappa shape index (κ2) is 9.51. The van der Waals surface area contributed by atoms with Crippen molar-refractivity contribution in [2.75, 3.05) is 7.05 Å². The zero-order chi connectivity index (χ0) is 23.6. The summed E-state index contributed by atoms with van der Waals surface area (Å²) in [5.74, 6) is 0.342. The van der Waals surface area contributed by atoms with E-state index in [9.17, 15) is 4.79 Å². The van der Waals surface area contributed by atoms with Crippen LogP contribution in [-0.4, -0.2) is 17.8 Å². The monoisotopic (exact) mass is 434 g/mol. The van der Waals surface area contributed by atoms with Gasteiger partial charge in [-0.05, 0) is 68.9 Å². The fraction of sp³-hybridized carbons (Fsp3) is 0.333. The lowest BCUT2D eigenvalue weighted by Gasteiger charge is -2.20. The third-order valence-electron chi connectivity index (χ3n) is 5.74. The first-order chi connectivity index (χ1) is 15.2. The average Bonchev–Trinajstić information content (AvgIpc) is 3.57. The Morgan fingerprint density at radius 2 is 2.00 bits per heavy atom. The summed E-state index contributed by atoms with van der Waals surface area (Å²) in [6.45, 7) is 15.2. The molecule has 4 nitrogen and oxygen atoms in total. The predicted molar refractivity (Wildman–Crippen MR) is 131 cm³/mol. The average molecular weight is 435 g/mol. The van der Waals surface area contributed by atoms with Crippen LogP contribution in [0.1, 0.15) is 66.2 Å². The molecule has 0 unspecified atom stereocenters. The molecule has 0 N–H and O–H groups in total. The molecule has 1 aliphatic rings. The minimum atomic E-state index is -0.481. The van der Waals surface area contributed by atoms with Crippen LogP contribution in [0.25, 0.3) is 11.6 Å². The Balaban J connectivity index is 2.16. The summed E-state index contributed by atoms with van der Waals surface area (Å²) >= 11 is 0. The van der Waals surface area contributed by atoms with Crippen molar-refractivity contribution in [3.63, 3.8) is 0 Å². The first-order valence-electron chi connectivity index (χ1n) is 10.9. The maximum absolute atomic E-state index is 15.5. The molecular formula is C27H31FN2O2. The summed E-state index contributed by atoms with van der Waals surface area (Å²) in [7, 11) is 1.70. The van der Waals surface area contributed by atoms with Gasteiger partial charge in [0, 0.05) is 36.1 Å². The van der Waals surface area contributed by atoms with Crippen LogP contribution >= 0.6 is 0 Å². The topological polar surface area (TPSA) is 43.6 Å². The molecule has 1 saturated carbocycles. The van der Waals surface area contributed by atoms with Crippen molar-refractivity contribution >= 4 is 17.9 Å². The van der Waals surface area contributed by atoms with Gasteiger partial charge in [-0.25, -0.2) is 4.39 Å². The Hall–Kier alpha value is -3.21. The molecule has 0 atom stereocenters. The molecule has 1 aliphatic carbocycles. The highest BCUT2D eigenvalue weighted by molar-refractivity contribution is 5.87. The lowest BCUT2D eigenvalue weighted by molar-refractivity contribution is 0.419. The van der Waals surface area contributed by atoms with Crippen molar-refractivity contribution in [2.45, 2.75) is 53.0 Å². The third kappa shape index (κ3) is 4.67. The van der Waals surface area contributed by atoms with Crippen molar-refractivity contribution < 1.29 is 9.13 Å². The summed E-state index contributed by atoms with van der Waals surface area (Å²) < 4.78 is 23.2. The van der Waals surface area contributed by atoms with E-state index in [1.807, 2.05) is 39.0 Å². The van der Waals surface area contributed by atoms with E-state index in [4.69, 9.17) is 4.74 Å². The first-order valence-corrected chi connectivity index (χ1v) is 10.9. The molecule has 0 bridgehead atoms. The quantitative estimate of drug-likeness (QED) is 0.276. The van der Waals surface area contributed by atoms with Gasteiger partial charge in [-0.1, -0.05) is 32.2 Å². The smallest absolute Gasteiger partial charge is 0.257 e. The van der Waals surface area contributed by atoms with Crippen LogP contribution in [0.3, 0.4) is 0 Å². The van der Waals surface area contributed by atoms with Gasteiger partial charge in [0.25, 0.3) is 5.56 Å². The molecule has 1 aromatic heterocycles. The number of pyridine rings is 1. The molecule has 2 aromatic rings. The van der Waals surface area contributed by atoms with Gasteiger partial charge in [0.2, 0.25) is 0 Å². The number of nitrogens with zero attached hydrogens (tertiary/aromatic N) is 2. The molecule has 0 spiro atoms. The van der Waals surface area contributed by atoms with Gasteiger partial charge in [-0.3, -0.25) is 9.79 Å². The number of hydrogen-bond donors (Lipinski definition) is 0. The van der Waals surface area contributed by atoms with Crippen LogP contribution in [0, 0.1) is 13.8 Å². The van der Waals surface area contributed by atoms with E-state index >= 15 is 4.39 Å². The van der Waals surface area contributed by atoms with Crippen LogP contribution in [0.4, 0.5) is 4.39 Å². The van der Waals surface area contributed by atoms with Crippen LogP contribution in [0.5, 0.6) is 5.75 Å². The highest BCUT2D eigenvalue weighted by atomic mass is 19.1. The normalized spacial score (nSPS) is 14.1. The lowest BCUT2D eigenvalue weighted by atomic mass is 9.98. The van der Waals surface area contributed by atoms with E-state index in [1.54, 1.807) is 24.8 Å². The van der Waals surface area contributed by atoms with Crippen molar-refractivity contribution in [1.29, 1.82) is 0 Å². The Bertz CT molecular complexity index is 1200. The molecule has 5 heteroatoms. The second-order valence-corrected chi connectivity index (χ2v) is 8.30. The van der Waals surface area contributed by atoms with Crippen molar-refractivity contribution in [3.05, 3.63) is 86.8 Å². The van der Waals surface area contributed by atoms with E-state index in [2.05, 4.69) is 18.2 Å². The fourth-order valence-corrected chi connectivity index (χ4v) is 3.85. The molecule has 3 rings (SSSR count). The van der Waals surface area contributed by atoms with Crippen LogP contribution in [0.2, 0.25) is 0 Å². The van der Waals surface area contributed by atoms with Gasteiger partial charge < -0.3 is 9.30 Å². The molecule has 32 heavy (non-hydrogen) atoms. The number of hydrogen-bond acceptors (Lipinski definition) is 3. The highest BCUT2D eigenvalue weighted by Crippen LogP contribution is 2.39. The largest absolute Gasteiger partial charge is 0.461 e. The number of halogens is 1. The molecular weight excluding hydrogens is 403 g/mol. The van der Waals surface area contributed by atoms with Gasteiger partial charge >= 0.3 is 0 Å². The van der Waals surface area contributed by atoms with Gasteiger partial charge in [-0.2, -0.15) is 0 Å². The first kappa shape index (κ1) is 23.5. The van der Waals surface area contributed by atoms with E-state index in [0.717, 1.165) is 24.0 Å². The molecule has 0 radical (unpaired) electrons. The fourth-order valence-electron chi connectivity index (χ4n) is 3.85. The Morgan fingerprint density at radius 3 is 2.56 bits per heavy atom. The summed E-state index contributed by atoms with van der Waals surface area (Å²) in [5, 5.41) is 0. The number of ether oxygens (including phenoxy) is 1. The molecule has 0 saturated heterocycles. The number of aryl methyl sites for hydroxylation is 1. The molecule has 1 heterocycles. The van der Waals surface area contributed by atoms with E-state index in [1.165, 1.54) is 6.08 Å². The molecule has 1 aromatic carbocycles. The lowest BCUT2D eigenvalue weighted by Crippen LogP contribution is -2.27. The van der Waals surface area contributed by atoms with E-state index in [0.29, 0.717) is 40.3 Å². The van der Waals surface area contributed by atoms with Crippen LogP contribution < -0.4 is 10.3 Å². The van der Waals surface area contributed by atoms with Gasteiger partial charge in [-0.15, -0.1) is 0 Å². The predicted octanol–water partition coefficient (Wildman–Crippen LogP) is 6.35. The summed E-state index contributed by atoms with van der Waals surface area (Å²) in [4.78, 5) is 17.2. The zero-order valence-electron chi connectivity index (χ0n) is 19.6. The van der Waals surface area contributed by atoms with E-state index < -0.39 is 5.83 Å². The Labute approximate surface area is 189 Å². The van der Waals surface area contributed by atoms with Crippen LogP contribution in [-0.2, 0) is 6.42 Å². The third-order valence-corrected chi connectivity index (χ3v) is 5.74. The standard InChI is InChI=1S/C27H31FN2O2/c1-8-23-26(32-16(2)3)24(19(6)30(27(23)31)22-11-12-22)14-25(28)18(5)20-10-9-17(4)21(13-20)15-29-7/h9-10,13-15,22H,2,5,8,11-12H2,1,3-4,6-7H3/b25-14+,29-15?. The molecule has 1 fully saturated rings. The van der Waals surface area contributed by atoms with Crippen molar-refractivity contribution in [2.24, 2.45) is 4.99 Å². The second-order valence-electron chi connectivity index (χ2n) is 8.30. The number of aromatic nitrogens is 1. The Kier molecular flexibility index (Phi) is 6.97. The minimum Gasteiger partial charge on any atom is -0.461 e. The number of aliphatic imine (C=N–C) groups is 1. The van der Waals surface area contributed by atoms with Gasteiger partial charge in [0.1, 0.15) is 11.6 Å². The molecule has 0 aliphatic heterocycles. The maximum atomic E-state index is 15.5. The summed E-state index contributed by atoms with van der Waals surface area (Å²) in [5.41, 5.74) is 4.61.